The number of benzene rings is 1. The lowest BCUT2D eigenvalue weighted by Gasteiger charge is -2.08. The lowest BCUT2D eigenvalue weighted by atomic mass is 10.2. The zero-order valence-electron chi connectivity index (χ0n) is 9.83. The molecule has 0 aliphatic heterocycles. The Balaban J connectivity index is 2.43. The van der Waals surface area contributed by atoms with Gasteiger partial charge < -0.3 is 5.32 Å². The van der Waals surface area contributed by atoms with Gasteiger partial charge in [-0.25, -0.2) is 8.78 Å². The first-order valence-electron chi connectivity index (χ1n) is 5.18. The summed E-state index contributed by atoms with van der Waals surface area (Å²) in [6.45, 7) is 1.69. The smallest absolute Gasteiger partial charge is 0.149 e. The number of nitrogens with one attached hydrogen (secondary N) is 1. The normalized spacial score (nSPS) is 10.2. The van der Waals surface area contributed by atoms with Gasteiger partial charge in [-0.1, -0.05) is 0 Å². The van der Waals surface area contributed by atoms with Crippen LogP contribution in [0.3, 0.4) is 0 Å². The minimum absolute atomic E-state index is 0.0934. The molecule has 6 heteroatoms. The maximum atomic E-state index is 13.5. The molecular weight excluding hydrogens is 238 g/mol. The first-order chi connectivity index (χ1) is 8.52. The van der Waals surface area contributed by atoms with Crippen molar-refractivity contribution in [3.63, 3.8) is 0 Å². The van der Waals surface area contributed by atoms with Gasteiger partial charge in [-0.15, -0.1) is 0 Å². The minimum Gasteiger partial charge on any atom is -0.337 e. The number of nitrogens with zero attached hydrogens (tertiary/aromatic N) is 3. The SMILES string of the molecule is Cc1nn(C)c(Nc2ccc(F)cc2F)c1C#N. The van der Waals surface area contributed by atoms with E-state index >= 15 is 0 Å². The van der Waals surface area contributed by atoms with Crippen LogP contribution in [-0.2, 0) is 7.05 Å². The largest absolute Gasteiger partial charge is 0.337 e. The number of halogens is 2. The van der Waals surface area contributed by atoms with Crippen LogP contribution in [-0.4, -0.2) is 9.78 Å². The predicted molar refractivity (Wildman–Crippen MR) is 62.3 cm³/mol. The van der Waals surface area contributed by atoms with Crippen LogP contribution in [0.1, 0.15) is 11.3 Å². The van der Waals surface area contributed by atoms with Crippen LogP contribution in [0.5, 0.6) is 0 Å². The molecule has 0 aliphatic carbocycles. The van der Waals surface area contributed by atoms with Gasteiger partial charge in [0.2, 0.25) is 0 Å². The summed E-state index contributed by atoms with van der Waals surface area (Å²) in [5.74, 6) is -1.00. The van der Waals surface area contributed by atoms with Crippen molar-refractivity contribution in [3.05, 3.63) is 41.1 Å². The molecule has 1 heterocycles. The first kappa shape index (κ1) is 12.0. The number of hydrogen-bond acceptors (Lipinski definition) is 3. The van der Waals surface area contributed by atoms with Gasteiger partial charge in [0.15, 0.2) is 0 Å². The molecule has 0 spiro atoms. The molecule has 0 amide bonds. The highest BCUT2D eigenvalue weighted by Gasteiger charge is 2.14. The molecule has 1 aromatic heterocycles. The number of aromatic nitrogens is 2. The zero-order valence-corrected chi connectivity index (χ0v) is 9.83. The Labute approximate surface area is 102 Å². The third kappa shape index (κ3) is 2.02. The van der Waals surface area contributed by atoms with E-state index in [9.17, 15) is 8.78 Å². The Morgan fingerprint density at radius 1 is 1.39 bits per heavy atom. The highest BCUT2D eigenvalue weighted by molar-refractivity contribution is 5.64. The second-order valence-electron chi connectivity index (χ2n) is 3.79. The fourth-order valence-electron chi connectivity index (χ4n) is 1.65. The molecule has 0 bridgehead atoms. The summed E-state index contributed by atoms with van der Waals surface area (Å²) in [5, 5.41) is 15.8. The van der Waals surface area contributed by atoms with Gasteiger partial charge in [0.1, 0.15) is 29.1 Å². The van der Waals surface area contributed by atoms with Gasteiger partial charge in [0.05, 0.1) is 11.4 Å². The van der Waals surface area contributed by atoms with Crippen molar-refractivity contribution in [3.8, 4) is 6.07 Å². The number of hydrogen-bond donors (Lipinski definition) is 1. The maximum absolute atomic E-state index is 13.5. The third-order valence-electron chi connectivity index (χ3n) is 2.52. The van der Waals surface area contributed by atoms with Crippen molar-refractivity contribution < 1.29 is 8.78 Å². The topological polar surface area (TPSA) is 53.6 Å². The molecule has 0 unspecified atom stereocenters. The highest BCUT2D eigenvalue weighted by atomic mass is 19.1. The second-order valence-corrected chi connectivity index (χ2v) is 3.79. The van der Waals surface area contributed by atoms with E-state index in [-0.39, 0.29) is 5.69 Å². The Hall–Kier alpha value is -2.42. The molecule has 2 rings (SSSR count). The molecule has 0 saturated carbocycles. The van der Waals surface area contributed by atoms with Gasteiger partial charge in [0, 0.05) is 13.1 Å². The Bertz CT molecular complexity index is 640. The van der Waals surface area contributed by atoms with Gasteiger partial charge in [0.25, 0.3) is 0 Å². The number of nitriles is 1. The average molecular weight is 248 g/mol. The minimum atomic E-state index is -0.724. The van der Waals surface area contributed by atoms with E-state index in [0.29, 0.717) is 17.1 Å². The van der Waals surface area contributed by atoms with Crippen LogP contribution in [0.15, 0.2) is 18.2 Å². The van der Waals surface area contributed by atoms with Crippen LogP contribution >= 0.6 is 0 Å². The summed E-state index contributed by atoms with van der Waals surface area (Å²) in [7, 11) is 1.64. The van der Waals surface area contributed by atoms with E-state index in [1.165, 1.54) is 10.7 Å². The van der Waals surface area contributed by atoms with E-state index in [0.717, 1.165) is 12.1 Å². The summed E-state index contributed by atoms with van der Waals surface area (Å²) < 4.78 is 27.7. The molecule has 0 radical (unpaired) electrons. The fourth-order valence-corrected chi connectivity index (χ4v) is 1.65. The van der Waals surface area contributed by atoms with Crippen molar-refractivity contribution in [1.29, 1.82) is 5.26 Å². The lowest BCUT2D eigenvalue weighted by molar-refractivity contribution is 0.585. The van der Waals surface area contributed by atoms with Crippen molar-refractivity contribution in [2.45, 2.75) is 6.92 Å². The molecule has 4 nitrogen and oxygen atoms in total. The fraction of sp³-hybridized carbons (Fsp3) is 0.167. The van der Waals surface area contributed by atoms with Gasteiger partial charge in [-0.2, -0.15) is 10.4 Å². The summed E-state index contributed by atoms with van der Waals surface area (Å²) >= 11 is 0. The van der Waals surface area contributed by atoms with Crippen molar-refractivity contribution in [2.75, 3.05) is 5.32 Å². The molecule has 1 aromatic carbocycles. The molecule has 92 valence electrons. The molecule has 2 aromatic rings. The maximum Gasteiger partial charge on any atom is 0.149 e. The Morgan fingerprint density at radius 3 is 2.72 bits per heavy atom. The van der Waals surface area contributed by atoms with Gasteiger partial charge in [-0.05, 0) is 19.1 Å². The summed E-state index contributed by atoms with van der Waals surface area (Å²) in [5.41, 5.74) is 0.974. The van der Waals surface area contributed by atoms with E-state index in [1.807, 2.05) is 6.07 Å². The van der Waals surface area contributed by atoms with E-state index < -0.39 is 11.6 Å². The molecule has 0 fully saturated rings. The molecular formula is C12H10F2N4. The van der Waals surface area contributed by atoms with Crippen LogP contribution in [0.25, 0.3) is 0 Å². The molecule has 18 heavy (non-hydrogen) atoms. The van der Waals surface area contributed by atoms with E-state index in [2.05, 4.69) is 10.4 Å². The van der Waals surface area contributed by atoms with E-state index in [1.54, 1.807) is 14.0 Å². The van der Waals surface area contributed by atoms with Crippen LogP contribution in [0.2, 0.25) is 0 Å². The van der Waals surface area contributed by atoms with Crippen LogP contribution < -0.4 is 5.32 Å². The van der Waals surface area contributed by atoms with Crippen LogP contribution in [0, 0.1) is 29.9 Å². The molecule has 0 atom stereocenters. The standard InChI is InChI=1S/C12H10F2N4/c1-7-9(6-15)12(18(2)17-7)16-11-4-3-8(13)5-10(11)14/h3-5,16H,1-2H3. The van der Waals surface area contributed by atoms with Crippen molar-refractivity contribution in [1.82, 2.24) is 9.78 Å². The highest BCUT2D eigenvalue weighted by Crippen LogP contribution is 2.24. The van der Waals surface area contributed by atoms with Crippen molar-refractivity contribution >= 4 is 11.5 Å². The molecule has 1 N–H and O–H groups in total. The second kappa shape index (κ2) is 4.45. The zero-order chi connectivity index (χ0) is 13.3. The number of aryl methyl sites for hydroxylation is 2. The number of rotatable bonds is 2. The summed E-state index contributed by atoms with van der Waals surface area (Å²) in [4.78, 5) is 0. The van der Waals surface area contributed by atoms with Crippen LogP contribution in [0.4, 0.5) is 20.3 Å². The Morgan fingerprint density at radius 2 is 2.11 bits per heavy atom. The first-order valence-corrected chi connectivity index (χ1v) is 5.18. The third-order valence-corrected chi connectivity index (χ3v) is 2.52. The average Bonchev–Trinajstić information content (AvgIpc) is 2.57. The van der Waals surface area contributed by atoms with Gasteiger partial charge in [-0.3, -0.25) is 4.68 Å². The summed E-state index contributed by atoms with van der Waals surface area (Å²) in [6, 6.07) is 5.18. The predicted octanol–water partition coefficient (Wildman–Crippen LogP) is 2.62. The van der Waals surface area contributed by atoms with Crippen molar-refractivity contribution in [2.24, 2.45) is 7.05 Å². The quantitative estimate of drug-likeness (QED) is 0.888. The molecule has 0 aliphatic rings. The number of anilines is 2. The summed E-state index contributed by atoms with van der Waals surface area (Å²) in [6.07, 6.45) is 0. The van der Waals surface area contributed by atoms with E-state index in [4.69, 9.17) is 5.26 Å². The molecule has 0 saturated heterocycles. The monoisotopic (exact) mass is 248 g/mol. The van der Waals surface area contributed by atoms with Gasteiger partial charge >= 0.3 is 0 Å². The Kier molecular flexibility index (Phi) is 2.98. The lowest BCUT2D eigenvalue weighted by Crippen LogP contribution is -2.02.